The molecule has 1 nitrogen and oxygen atoms in total. The van der Waals surface area contributed by atoms with E-state index < -0.39 is 0 Å². The Bertz CT molecular complexity index is 313. The summed E-state index contributed by atoms with van der Waals surface area (Å²) in [6.45, 7) is 8.07. The van der Waals surface area contributed by atoms with E-state index in [1.165, 1.54) is 5.56 Å². The monoisotopic (exact) mass is 204 g/mol. The van der Waals surface area contributed by atoms with Crippen molar-refractivity contribution in [3.05, 3.63) is 35.9 Å². The van der Waals surface area contributed by atoms with E-state index in [1.807, 2.05) is 18.2 Å². The molecule has 0 radical (unpaired) electrons. The fraction of sp³-hybridized carbons (Fsp3) is 0.500. The highest BCUT2D eigenvalue weighted by atomic mass is 16.1. The molecule has 0 aliphatic rings. The van der Waals surface area contributed by atoms with Crippen LogP contribution in [-0.2, 0) is 4.79 Å². The van der Waals surface area contributed by atoms with Crippen molar-refractivity contribution in [3.63, 3.8) is 0 Å². The van der Waals surface area contributed by atoms with Gasteiger partial charge >= 0.3 is 0 Å². The first kappa shape index (κ1) is 12.0. The van der Waals surface area contributed by atoms with Gasteiger partial charge in [0.05, 0.1) is 0 Å². The van der Waals surface area contributed by atoms with Crippen molar-refractivity contribution in [2.75, 3.05) is 0 Å². The van der Waals surface area contributed by atoms with Gasteiger partial charge in [0.15, 0.2) is 0 Å². The molecule has 0 aliphatic carbocycles. The Labute approximate surface area is 92.5 Å². The molecule has 1 rings (SSSR count). The second-order valence-electron chi connectivity index (χ2n) is 4.58. The summed E-state index contributed by atoms with van der Waals surface area (Å²) in [6, 6.07) is 10.3. The Morgan fingerprint density at radius 3 is 2.00 bits per heavy atom. The topological polar surface area (TPSA) is 17.1 Å². The maximum absolute atomic E-state index is 11.6. The summed E-state index contributed by atoms with van der Waals surface area (Å²) in [7, 11) is 0. The summed E-state index contributed by atoms with van der Waals surface area (Å²) in [5, 5.41) is 0. The van der Waals surface area contributed by atoms with Crippen LogP contribution in [0.25, 0.3) is 0 Å². The summed E-state index contributed by atoms with van der Waals surface area (Å²) in [5.41, 5.74) is 1.26. The third-order valence-corrected chi connectivity index (χ3v) is 3.05. The number of benzene rings is 1. The first-order valence-electron chi connectivity index (χ1n) is 5.59. The molecule has 0 heterocycles. The van der Waals surface area contributed by atoms with E-state index in [0.29, 0.717) is 17.6 Å². The zero-order valence-corrected chi connectivity index (χ0v) is 10.0. The number of ketones is 1. The Hall–Kier alpha value is -1.11. The van der Waals surface area contributed by atoms with Crippen LogP contribution >= 0.6 is 0 Å². The quantitative estimate of drug-likeness (QED) is 0.731. The minimum atomic E-state index is 0.132. The first-order valence-corrected chi connectivity index (χ1v) is 5.59. The number of carbonyl (C=O) groups is 1. The van der Waals surface area contributed by atoms with Crippen LogP contribution in [0.4, 0.5) is 0 Å². The van der Waals surface area contributed by atoms with Crippen LogP contribution in [0.1, 0.15) is 39.2 Å². The van der Waals surface area contributed by atoms with Crippen LogP contribution in [0.15, 0.2) is 30.3 Å². The van der Waals surface area contributed by atoms with Gasteiger partial charge in [0.1, 0.15) is 5.78 Å². The number of rotatable bonds is 4. The van der Waals surface area contributed by atoms with Crippen LogP contribution in [0.2, 0.25) is 0 Å². The van der Waals surface area contributed by atoms with Crippen LogP contribution < -0.4 is 0 Å². The number of carbonyl (C=O) groups excluding carboxylic acids is 1. The van der Waals surface area contributed by atoms with Crippen molar-refractivity contribution in [3.8, 4) is 0 Å². The molecule has 0 N–H and O–H groups in total. The molecule has 1 aromatic carbocycles. The highest BCUT2D eigenvalue weighted by molar-refractivity contribution is 5.79. The molecule has 1 heteroatoms. The summed E-state index contributed by atoms with van der Waals surface area (Å²) >= 11 is 0. The lowest BCUT2D eigenvalue weighted by molar-refractivity contribution is -0.122. The molecule has 0 aromatic heterocycles. The molecule has 2 atom stereocenters. The summed E-state index contributed by atoms with van der Waals surface area (Å²) < 4.78 is 0. The van der Waals surface area contributed by atoms with Gasteiger partial charge in [-0.05, 0) is 24.3 Å². The average Bonchev–Trinajstić information content (AvgIpc) is 2.18. The van der Waals surface area contributed by atoms with Gasteiger partial charge < -0.3 is 0 Å². The van der Waals surface area contributed by atoms with Gasteiger partial charge in [-0.3, -0.25) is 4.79 Å². The number of hydrogen-bond donors (Lipinski definition) is 0. The summed E-state index contributed by atoms with van der Waals surface area (Å²) in [6.07, 6.45) is 0. The van der Waals surface area contributed by atoms with Gasteiger partial charge in [0.25, 0.3) is 0 Å². The largest absolute Gasteiger partial charge is 0.300 e. The predicted octanol–water partition coefficient (Wildman–Crippen LogP) is 3.65. The molecule has 15 heavy (non-hydrogen) atoms. The fourth-order valence-electron chi connectivity index (χ4n) is 2.36. The molecule has 0 fully saturated rings. The zero-order chi connectivity index (χ0) is 11.4. The van der Waals surface area contributed by atoms with E-state index in [2.05, 4.69) is 32.9 Å². The molecule has 0 saturated carbocycles. The smallest absolute Gasteiger partial charge is 0.133 e. The molecule has 0 saturated heterocycles. The fourth-order valence-corrected chi connectivity index (χ4v) is 2.36. The Balaban J connectivity index is 2.91. The molecule has 0 unspecified atom stereocenters. The van der Waals surface area contributed by atoms with Gasteiger partial charge in [0, 0.05) is 5.92 Å². The van der Waals surface area contributed by atoms with Crippen molar-refractivity contribution < 1.29 is 4.79 Å². The maximum atomic E-state index is 11.6. The van der Waals surface area contributed by atoms with Gasteiger partial charge in [-0.25, -0.2) is 0 Å². The molecule has 0 bridgehead atoms. The lowest BCUT2D eigenvalue weighted by Crippen LogP contribution is -2.23. The van der Waals surface area contributed by atoms with E-state index in [0.717, 1.165) is 0 Å². The van der Waals surface area contributed by atoms with Gasteiger partial charge in [-0.15, -0.1) is 0 Å². The third-order valence-electron chi connectivity index (χ3n) is 3.05. The van der Waals surface area contributed by atoms with E-state index >= 15 is 0 Å². The average molecular weight is 204 g/mol. The van der Waals surface area contributed by atoms with Crippen molar-refractivity contribution in [2.24, 2.45) is 11.8 Å². The zero-order valence-electron chi connectivity index (χ0n) is 10.0. The maximum Gasteiger partial charge on any atom is 0.133 e. The molecule has 0 aliphatic heterocycles. The molecule has 1 aromatic rings. The van der Waals surface area contributed by atoms with Crippen LogP contribution in [0, 0.1) is 11.8 Å². The Morgan fingerprint density at radius 2 is 1.60 bits per heavy atom. The Kier molecular flexibility index (Phi) is 4.07. The van der Waals surface area contributed by atoms with Gasteiger partial charge in [-0.1, -0.05) is 51.1 Å². The second kappa shape index (κ2) is 5.11. The van der Waals surface area contributed by atoms with Crippen LogP contribution in [0.5, 0.6) is 0 Å². The standard InChI is InChI=1S/C14H20O/c1-10(2)14(12(4)15)11(3)13-8-6-5-7-9-13/h5-11,14H,1-4H3/t11-,14-/m0/s1. The van der Waals surface area contributed by atoms with Crippen molar-refractivity contribution in [1.29, 1.82) is 0 Å². The first-order chi connectivity index (χ1) is 7.04. The molecule has 0 amide bonds. The minimum Gasteiger partial charge on any atom is -0.300 e. The normalized spacial score (nSPS) is 15.0. The van der Waals surface area contributed by atoms with Crippen LogP contribution in [0.3, 0.4) is 0 Å². The Morgan fingerprint density at radius 1 is 1.07 bits per heavy atom. The highest BCUT2D eigenvalue weighted by Crippen LogP contribution is 2.30. The highest BCUT2D eigenvalue weighted by Gasteiger charge is 2.25. The van der Waals surface area contributed by atoms with Crippen molar-refractivity contribution in [2.45, 2.75) is 33.6 Å². The number of Topliss-reactive ketones (excluding diaryl/α,β-unsaturated/α-hetero) is 1. The van der Waals surface area contributed by atoms with Crippen molar-refractivity contribution >= 4 is 5.78 Å². The summed E-state index contributed by atoms with van der Waals surface area (Å²) in [5.74, 6) is 1.13. The van der Waals surface area contributed by atoms with Gasteiger partial charge in [0.2, 0.25) is 0 Å². The lowest BCUT2D eigenvalue weighted by Gasteiger charge is -2.25. The van der Waals surface area contributed by atoms with Crippen LogP contribution in [-0.4, -0.2) is 5.78 Å². The molecular weight excluding hydrogens is 184 g/mol. The van der Waals surface area contributed by atoms with E-state index in [1.54, 1.807) is 6.92 Å². The molecule has 0 spiro atoms. The summed E-state index contributed by atoms with van der Waals surface area (Å²) in [4.78, 5) is 11.6. The van der Waals surface area contributed by atoms with E-state index in [-0.39, 0.29) is 5.92 Å². The lowest BCUT2D eigenvalue weighted by atomic mass is 9.78. The molecule has 82 valence electrons. The third kappa shape index (κ3) is 2.92. The SMILES string of the molecule is CC(=O)[C@@H](C(C)C)[C@@H](C)c1ccccc1. The minimum absolute atomic E-state index is 0.132. The van der Waals surface area contributed by atoms with E-state index in [9.17, 15) is 4.79 Å². The predicted molar refractivity (Wildman–Crippen MR) is 63.9 cm³/mol. The molecular formula is C14H20O. The number of hydrogen-bond acceptors (Lipinski definition) is 1. The van der Waals surface area contributed by atoms with Crippen molar-refractivity contribution in [1.82, 2.24) is 0 Å². The second-order valence-corrected chi connectivity index (χ2v) is 4.58. The van der Waals surface area contributed by atoms with E-state index in [4.69, 9.17) is 0 Å². The van der Waals surface area contributed by atoms with Gasteiger partial charge in [-0.2, -0.15) is 0 Å².